The summed E-state index contributed by atoms with van der Waals surface area (Å²) in [6.45, 7) is 5.78. The fraction of sp³-hybridized carbons (Fsp3) is 0.556. The molecular weight excluding hydrogens is 359 g/mol. The van der Waals surface area contributed by atoms with Crippen molar-refractivity contribution in [3.8, 4) is 0 Å². The van der Waals surface area contributed by atoms with Gasteiger partial charge in [-0.05, 0) is 43.0 Å². The Labute approximate surface area is 154 Å². The minimum atomic E-state index is -3.98. The van der Waals surface area contributed by atoms with E-state index in [1.165, 1.54) is 0 Å². The van der Waals surface area contributed by atoms with Gasteiger partial charge in [0.15, 0.2) is 0 Å². The van der Waals surface area contributed by atoms with Gasteiger partial charge in [0.05, 0.1) is 10.9 Å². The normalized spacial score (nSPS) is 14.0. The predicted octanol–water partition coefficient (Wildman–Crippen LogP) is 2.39. The van der Waals surface area contributed by atoms with E-state index in [4.69, 9.17) is 0 Å². The summed E-state index contributed by atoms with van der Waals surface area (Å²) in [6, 6.07) is 2.70. The Morgan fingerprint density at radius 3 is 2.35 bits per heavy atom. The minimum absolute atomic E-state index is 0.123. The van der Waals surface area contributed by atoms with Crippen molar-refractivity contribution in [3.63, 3.8) is 0 Å². The van der Waals surface area contributed by atoms with Crippen LogP contribution < -0.4 is 10.0 Å². The zero-order valence-electron chi connectivity index (χ0n) is 15.4. The van der Waals surface area contributed by atoms with E-state index in [1.54, 1.807) is 0 Å². The van der Waals surface area contributed by atoms with Crippen molar-refractivity contribution in [1.29, 1.82) is 0 Å². The average molecular weight is 386 g/mol. The molecule has 0 aliphatic rings. The zero-order chi connectivity index (χ0) is 19.7. The molecule has 6 nitrogen and oxygen atoms in total. The maximum absolute atomic E-state index is 13.0. The van der Waals surface area contributed by atoms with Crippen LogP contribution in [0.3, 0.4) is 0 Å². The quantitative estimate of drug-likeness (QED) is 0.571. The monoisotopic (exact) mass is 386 g/mol. The second-order valence-corrected chi connectivity index (χ2v) is 8.36. The summed E-state index contributed by atoms with van der Waals surface area (Å²) in [5, 5.41) is 2.60. The third kappa shape index (κ3) is 7.21. The maximum Gasteiger partial charge on any atom is 0.241 e. The molecule has 2 atom stereocenters. The van der Waals surface area contributed by atoms with Crippen LogP contribution in [0.25, 0.3) is 0 Å². The summed E-state index contributed by atoms with van der Waals surface area (Å²) < 4.78 is 40.3. The Bertz CT molecular complexity index is 690. The number of rotatable bonds is 11. The van der Waals surface area contributed by atoms with E-state index < -0.39 is 33.8 Å². The first-order valence-corrected chi connectivity index (χ1v) is 10.2. The molecule has 26 heavy (non-hydrogen) atoms. The van der Waals surface area contributed by atoms with Crippen LogP contribution in [0.2, 0.25) is 0 Å². The van der Waals surface area contributed by atoms with Gasteiger partial charge in [-0.3, -0.25) is 4.79 Å². The molecule has 146 valence electrons. The van der Waals surface area contributed by atoms with E-state index in [9.17, 15) is 22.4 Å². The molecule has 0 heterocycles. The Hall–Kier alpha value is -1.80. The van der Waals surface area contributed by atoms with E-state index >= 15 is 0 Å². The van der Waals surface area contributed by atoms with Crippen molar-refractivity contribution in [2.45, 2.75) is 63.4 Å². The van der Waals surface area contributed by atoms with E-state index in [2.05, 4.69) is 10.0 Å². The number of carbonyl (C=O) groups is 2. The smallest absolute Gasteiger partial charge is 0.241 e. The van der Waals surface area contributed by atoms with E-state index in [0.29, 0.717) is 25.5 Å². The van der Waals surface area contributed by atoms with Crippen LogP contribution in [0.4, 0.5) is 4.39 Å². The lowest BCUT2D eigenvalue weighted by molar-refractivity contribution is -0.125. The van der Waals surface area contributed by atoms with Crippen LogP contribution in [0.1, 0.15) is 46.5 Å². The van der Waals surface area contributed by atoms with Gasteiger partial charge in [-0.15, -0.1) is 0 Å². The first-order chi connectivity index (χ1) is 12.2. The Balaban J connectivity index is 2.92. The van der Waals surface area contributed by atoms with E-state index in [-0.39, 0.29) is 10.8 Å². The molecule has 1 amide bonds. The fourth-order valence-electron chi connectivity index (χ4n) is 2.46. The van der Waals surface area contributed by atoms with Crippen LogP contribution in [-0.4, -0.2) is 32.7 Å². The standard InChI is InChI=1S/C18H27FN2O4S/c1-4-5-6-17(18(23)20-15(12-22)11-13(2)3)21-26(24,25)16-9-7-14(19)8-10-16/h7-10,12-13,15,17,21H,4-6,11H2,1-3H3,(H,20,23)/t15-,17-/m0/s1. The minimum Gasteiger partial charge on any atom is -0.345 e. The number of carbonyl (C=O) groups excluding carboxylic acids is 2. The molecular formula is C18H27FN2O4S. The van der Waals surface area contributed by atoms with Gasteiger partial charge in [0.2, 0.25) is 15.9 Å². The lowest BCUT2D eigenvalue weighted by Gasteiger charge is -2.21. The zero-order valence-corrected chi connectivity index (χ0v) is 16.2. The third-order valence-electron chi connectivity index (χ3n) is 3.80. The van der Waals surface area contributed by atoms with Crippen molar-refractivity contribution in [1.82, 2.24) is 10.0 Å². The Kier molecular flexibility index (Phi) is 8.87. The summed E-state index contributed by atoms with van der Waals surface area (Å²) in [5.41, 5.74) is 0. The molecule has 0 radical (unpaired) electrons. The number of amides is 1. The summed E-state index contributed by atoms with van der Waals surface area (Å²) in [4.78, 5) is 23.5. The predicted molar refractivity (Wildman–Crippen MR) is 97.5 cm³/mol. The topological polar surface area (TPSA) is 92.3 Å². The average Bonchev–Trinajstić information content (AvgIpc) is 2.57. The van der Waals surface area contributed by atoms with Crippen molar-refractivity contribution < 1.29 is 22.4 Å². The first kappa shape index (κ1) is 22.2. The van der Waals surface area contributed by atoms with Gasteiger partial charge in [-0.25, -0.2) is 12.8 Å². The van der Waals surface area contributed by atoms with E-state index in [0.717, 1.165) is 30.7 Å². The van der Waals surface area contributed by atoms with Gasteiger partial charge in [0.1, 0.15) is 18.1 Å². The van der Waals surface area contributed by atoms with Crippen molar-refractivity contribution in [3.05, 3.63) is 30.1 Å². The summed E-state index contributed by atoms with van der Waals surface area (Å²) >= 11 is 0. The maximum atomic E-state index is 13.0. The molecule has 0 aliphatic carbocycles. The highest BCUT2D eigenvalue weighted by Crippen LogP contribution is 2.13. The lowest BCUT2D eigenvalue weighted by atomic mass is 10.0. The molecule has 0 bridgehead atoms. The molecule has 0 aliphatic heterocycles. The number of sulfonamides is 1. The van der Waals surface area contributed by atoms with Gasteiger partial charge >= 0.3 is 0 Å². The van der Waals surface area contributed by atoms with Crippen LogP contribution in [0.15, 0.2) is 29.2 Å². The second-order valence-electron chi connectivity index (χ2n) is 6.65. The SMILES string of the molecule is CCCC[C@H](NS(=O)(=O)c1ccc(F)cc1)C(=O)N[C@H](C=O)CC(C)C. The molecule has 8 heteroatoms. The highest BCUT2D eigenvalue weighted by molar-refractivity contribution is 7.89. The lowest BCUT2D eigenvalue weighted by Crippen LogP contribution is -2.50. The van der Waals surface area contributed by atoms with Crippen LogP contribution >= 0.6 is 0 Å². The van der Waals surface area contributed by atoms with Crippen molar-refractivity contribution >= 4 is 22.2 Å². The first-order valence-electron chi connectivity index (χ1n) is 8.73. The summed E-state index contributed by atoms with van der Waals surface area (Å²) in [5.74, 6) is -0.885. The summed E-state index contributed by atoms with van der Waals surface area (Å²) in [6.07, 6.45) is 2.85. The van der Waals surface area contributed by atoms with Crippen LogP contribution in [-0.2, 0) is 19.6 Å². The van der Waals surface area contributed by atoms with Gasteiger partial charge in [-0.1, -0.05) is 33.6 Å². The molecule has 0 fully saturated rings. The molecule has 1 aromatic rings. The van der Waals surface area contributed by atoms with Gasteiger partial charge in [-0.2, -0.15) is 4.72 Å². The number of benzene rings is 1. The van der Waals surface area contributed by atoms with Gasteiger partial charge in [0, 0.05) is 0 Å². The highest BCUT2D eigenvalue weighted by Gasteiger charge is 2.27. The summed E-state index contributed by atoms with van der Waals surface area (Å²) in [7, 11) is -3.98. The van der Waals surface area contributed by atoms with Crippen molar-refractivity contribution in [2.75, 3.05) is 0 Å². The molecule has 0 saturated heterocycles. The van der Waals surface area contributed by atoms with Crippen molar-refractivity contribution in [2.24, 2.45) is 5.92 Å². The number of aldehydes is 1. The Morgan fingerprint density at radius 1 is 1.23 bits per heavy atom. The molecule has 0 spiro atoms. The number of hydrogen-bond acceptors (Lipinski definition) is 4. The third-order valence-corrected chi connectivity index (χ3v) is 5.29. The molecule has 1 rings (SSSR count). The fourth-order valence-corrected chi connectivity index (χ4v) is 3.69. The molecule has 0 aromatic heterocycles. The number of halogens is 1. The van der Waals surface area contributed by atoms with E-state index in [1.807, 2.05) is 20.8 Å². The molecule has 0 saturated carbocycles. The van der Waals surface area contributed by atoms with Gasteiger partial charge in [0.25, 0.3) is 0 Å². The van der Waals surface area contributed by atoms with Crippen LogP contribution in [0.5, 0.6) is 0 Å². The van der Waals surface area contributed by atoms with Gasteiger partial charge < -0.3 is 10.1 Å². The highest BCUT2D eigenvalue weighted by atomic mass is 32.2. The molecule has 2 N–H and O–H groups in total. The Morgan fingerprint density at radius 2 is 1.85 bits per heavy atom. The van der Waals surface area contributed by atoms with Crippen LogP contribution in [0, 0.1) is 11.7 Å². The number of unbranched alkanes of at least 4 members (excludes halogenated alkanes) is 1. The molecule has 0 unspecified atom stereocenters. The second kappa shape index (κ2) is 10.4. The molecule has 1 aromatic carbocycles. The largest absolute Gasteiger partial charge is 0.345 e. The number of hydrogen-bond donors (Lipinski definition) is 2. The number of nitrogens with one attached hydrogen (secondary N) is 2.